The van der Waals surface area contributed by atoms with Gasteiger partial charge < -0.3 is 29.7 Å². The van der Waals surface area contributed by atoms with Crippen LogP contribution in [-0.4, -0.2) is 48.9 Å². The van der Waals surface area contributed by atoms with Crippen LogP contribution in [0.4, 0.5) is 5.13 Å². The van der Waals surface area contributed by atoms with Crippen molar-refractivity contribution in [1.29, 1.82) is 5.41 Å². The number of rotatable bonds is 23. The van der Waals surface area contributed by atoms with E-state index in [2.05, 4.69) is 55.0 Å². The Labute approximate surface area is 379 Å². The first-order valence-electron chi connectivity index (χ1n) is 23.5. The number of unbranched alkanes of at least 4 members (excludes halogenated alkanes) is 6. The monoisotopic (exact) mass is 879 g/mol. The maximum Gasteiger partial charge on any atom is 0.330 e. The Morgan fingerprint density at radius 2 is 1.43 bits per heavy atom. The summed E-state index contributed by atoms with van der Waals surface area (Å²) in [6, 6.07) is 21.2. The van der Waals surface area contributed by atoms with E-state index in [0.29, 0.717) is 67.6 Å². The molecule has 1 aromatic heterocycles. The van der Waals surface area contributed by atoms with Gasteiger partial charge in [-0.25, -0.2) is 9.78 Å². The van der Waals surface area contributed by atoms with E-state index in [0.717, 1.165) is 48.8 Å². The van der Waals surface area contributed by atoms with Crippen molar-refractivity contribution in [1.82, 2.24) is 4.98 Å². The molecule has 0 saturated heterocycles. The standard InChI is InChI=1S/C39H51NO7.C13H18N2S/c1-3-9-28-10-12-29(13-11-28)32-18-23-36(33(26-32)27-40)47-39(43)31-16-14-30(15-17-31)38(42)46-35-21-19-34(20-22-35)44-24-7-5-6-8-25-45-37(41)4-2;1-2-3-4-7-10-14-13-15-11-8-5-6-9-12(11)16-13/h4,18-23,26-31,40H,2-3,5-17,24-25H2,1H3;5-6,8-9H,2-4,7,10H2,1H3,(H,14,15). The fourth-order valence-corrected chi connectivity index (χ4v) is 9.34. The molecule has 1 heterocycles. The number of thiazole rings is 1. The van der Waals surface area contributed by atoms with Gasteiger partial charge >= 0.3 is 17.9 Å². The summed E-state index contributed by atoms with van der Waals surface area (Å²) in [5, 5.41) is 12.4. The van der Waals surface area contributed by atoms with E-state index in [1.54, 1.807) is 35.6 Å². The fraction of sp³-hybridized carbons (Fsp3) is 0.519. The van der Waals surface area contributed by atoms with Crippen molar-refractivity contribution in [2.45, 2.75) is 135 Å². The van der Waals surface area contributed by atoms with Crippen molar-refractivity contribution in [2.75, 3.05) is 25.1 Å². The molecule has 0 unspecified atom stereocenters. The molecule has 63 heavy (non-hydrogen) atoms. The molecule has 0 aliphatic heterocycles. The molecular weight excluding hydrogens is 811 g/mol. The third-order valence-corrected chi connectivity index (χ3v) is 13.2. The minimum absolute atomic E-state index is 0.265. The van der Waals surface area contributed by atoms with Crippen LogP contribution in [0.15, 0.2) is 79.4 Å². The highest BCUT2D eigenvalue weighted by atomic mass is 32.1. The molecule has 340 valence electrons. The Bertz CT molecular complexity index is 1980. The molecule has 2 saturated carbocycles. The number of carbonyl (C=O) groups is 3. The maximum atomic E-state index is 13.1. The number of aromatic nitrogens is 1. The van der Waals surface area contributed by atoms with Crippen molar-refractivity contribution < 1.29 is 33.3 Å². The van der Waals surface area contributed by atoms with Gasteiger partial charge in [0, 0.05) is 24.4 Å². The molecule has 4 aromatic rings. The number of para-hydroxylation sites is 1. The van der Waals surface area contributed by atoms with Gasteiger partial charge in [-0.1, -0.05) is 82.1 Å². The van der Waals surface area contributed by atoms with E-state index in [-0.39, 0.29) is 23.8 Å². The zero-order valence-electron chi connectivity index (χ0n) is 37.6. The van der Waals surface area contributed by atoms with Crippen molar-refractivity contribution >= 4 is 50.8 Å². The molecule has 3 aromatic carbocycles. The zero-order chi connectivity index (χ0) is 44.7. The largest absolute Gasteiger partial charge is 0.494 e. The molecule has 0 amide bonds. The average Bonchev–Trinajstić information content (AvgIpc) is 3.74. The van der Waals surface area contributed by atoms with E-state index in [1.165, 1.54) is 86.8 Å². The smallest absolute Gasteiger partial charge is 0.330 e. The quantitative estimate of drug-likeness (QED) is 0.0245. The van der Waals surface area contributed by atoms with Gasteiger partial charge in [0.15, 0.2) is 5.13 Å². The predicted octanol–water partition coefficient (Wildman–Crippen LogP) is 13.0. The van der Waals surface area contributed by atoms with Gasteiger partial charge in [-0.15, -0.1) is 0 Å². The lowest BCUT2D eigenvalue weighted by molar-refractivity contribution is -0.145. The van der Waals surface area contributed by atoms with Crippen LogP contribution in [0.1, 0.15) is 146 Å². The number of anilines is 1. The molecule has 2 fully saturated rings. The summed E-state index contributed by atoms with van der Waals surface area (Å²) >= 11 is 1.74. The van der Waals surface area contributed by atoms with Crippen molar-refractivity contribution in [3.05, 3.63) is 90.5 Å². The van der Waals surface area contributed by atoms with Crippen LogP contribution < -0.4 is 19.5 Å². The highest BCUT2D eigenvalue weighted by molar-refractivity contribution is 7.22. The second-order valence-corrected chi connectivity index (χ2v) is 17.9. The second kappa shape index (κ2) is 27.2. The van der Waals surface area contributed by atoms with Crippen LogP contribution in [0.25, 0.3) is 10.2 Å². The van der Waals surface area contributed by atoms with Crippen LogP contribution in [-0.2, 0) is 19.1 Å². The first-order valence-corrected chi connectivity index (χ1v) is 24.3. The van der Waals surface area contributed by atoms with Crippen LogP contribution in [0.5, 0.6) is 17.2 Å². The number of fused-ring (bicyclic) bond motifs is 1. The Morgan fingerprint density at radius 1 is 0.762 bits per heavy atom. The summed E-state index contributed by atoms with van der Waals surface area (Å²) < 4.78 is 23.4. The van der Waals surface area contributed by atoms with Crippen LogP contribution in [0.3, 0.4) is 0 Å². The number of ether oxygens (including phenoxy) is 4. The number of esters is 3. The second-order valence-electron chi connectivity index (χ2n) is 16.9. The van der Waals surface area contributed by atoms with Gasteiger partial charge in [-0.2, -0.15) is 0 Å². The summed E-state index contributed by atoms with van der Waals surface area (Å²) in [6.07, 6.45) is 20.9. The van der Waals surface area contributed by atoms with Crippen LogP contribution >= 0.6 is 11.3 Å². The Kier molecular flexibility index (Phi) is 21.2. The Hall–Kier alpha value is -5.03. The molecule has 10 nitrogen and oxygen atoms in total. The normalized spacial score (nSPS) is 18.3. The highest BCUT2D eigenvalue weighted by Crippen LogP contribution is 2.39. The minimum atomic E-state index is -0.391. The van der Waals surface area contributed by atoms with Gasteiger partial charge in [-0.05, 0) is 149 Å². The molecule has 6 rings (SSSR count). The molecule has 2 N–H and O–H groups in total. The van der Waals surface area contributed by atoms with Gasteiger partial charge in [0.1, 0.15) is 17.2 Å². The summed E-state index contributed by atoms with van der Waals surface area (Å²) in [5.74, 6) is 1.44. The lowest BCUT2D eigenvalue weighted by Crippen LogP contribution is -2.30. The summed E-state index contributed by atoms with van der Waals surface area (Å²) in [6.45, 7) is 9.88. The molecule has 2 aliphatic rings. The third kappa shape index (κ3) is 16.6. The van der Waals surface area contributed by atoms with Gasteiger partial charge in [0.2, 0.25) is 0 Å². The van der Waals surface area contributed by atoms with E-state index in [4.69, 9.17) is 24.4 Å². The van der Waals surface area contributed by atoms with Gasteiger partial charge in [-0.3, -0.25) is 9.59 Å². The van der Waals surface area contributed by atoms with Crippen molar-refractivity contribution in [3.8, 4) is 17.2 Å². The van der Waals surface area contributed by atoms with Crippen molar-refractivity contribution in [2.24, 2.45) is 17.8 Å². The van der Waals surface area contributed by atoms with E-state index < -0.39 is 5.97 Å². The number of carbonyl (C=O) groups excluding carboxylic acids is 3. The molecule has 0 spiro atoms. The molecule has 2 aliphatic carbocycles. The number of benzene rings is 3. The van der Waals surface area contributed by atoms with Crippen LogP contribution in [0.2, 0.25) is 0 Å². The number of hydrogen-bond acceptors (Lipinski definition) is 11. The third-order valence-electron chi connectivity index (χ3n) is 12.2. The van der Waals surface area contributed by atoms with E-state index in [9.17, 15) is 14.4 Å². The van der Waals surface area contributed by atoms with Gasteiger partial charge in [0.05, 0.1) is 35.3 Å². The van der Waals surface area contributed by atoms with Crippen molar-refractivity contribution in [3.63, 3.8) is 0 Å². The highest BCUT2D eigenvalue weighted by Gasteiger charge is 2.32. The summed E-state index contributed by atoms with van der Waals surface area (Å²) in [7, 11) is 0. The molecular formula is C52H69N3O7S. The first kappa shape index (κ1) is 49.0. The Balaban J connectivity index is 0.000000389. The molecule has 0 bridgehead atoms. The Morgan fingerprint density at radius 3 is 2.10 bits per heavy atom. The van der Waals surface area contributed by atoms with E-state index in [1.807, 2.05) is 18.2 Å². The number of hydrogen-bond donors (Lipinski definition) is 2. The van der Waals surface area contributed by atoms with Gasteiger partial charge in [0.25, 0.3) is 0 Å². The molecule has 0 atom stereocenters. The van der Waals surface area contributed by atoms with E-state index >= 15 is 0 Å². The maximum absolute atomic E-state index is 13.1. The molecule has 11 heteroatoms. The topological polar surface area (TPSA) is 137 Å². The van der Waals surface area contributed by atoms with Crippen LogP contribution in [0, 0.1) is 23.2 Å². The number of nitrogens with one attached hydrogen (secondary N) is 2. The zero-order valence-corrected chi connectivity index (χ0v) is 38.4. The predicted molar refractivity (Wildman–Crippen MR) is 254 cm³/mol. The SMILES string of the molecule is C=CC(=O)OCCCCCCOc1ccc(OC(=O)C2CCC(C(=O)Oc3ccc(C4CCC(CCC)CC4)cc3C=N)CC2)cc1.CCCCCCNc1nc2ccccc2s1. The fourth-order valence-electron chi connectivity index (χ4n) is 8.45. The minimum Gasteiger partial charge on any atom is -0.494 e. The molecule has 0 radical (unpaired) electrons. The summed E-state index contributed by atoms with van der Waals surface area (Å²) in [5.41, 5.74) is 2.97. The average molecular weight is 880 g/mol. The lowest BCUT2D eigenvalue weighted by Gasteiger charge is -2.29. The first-order chi connectivity index (χ1) is 30.8. The summed E-state index contributed by atoms with van der Waals surface area (Å²) in [4.78, 5) is 41.5. The lowest BCUT2D eigenvalue weighted by atomic mass is 9.77. The number of nitrogens with zero attached hydrogens (tertiary/aromatic N) is 1.